The van der Waals surface area contributed by atoms with E-state index in [2.05, 4.69) is 15.1 Å². The third-order valence-corrected chi connectivity index (χ3v) is 6.42. The largest absolute Gasteiger partial charge is 0.468 e. The monoisotopic (exact) mass is 476 g/mol. The highest BCUT2D eigenvalue weighted by molar-refractivity contribution is 7.89. The molecular formula is C25H24N4O4S. The first-order valence-corrected chi connectivity index (χ1v) is 12.1. The molecule has 2 aromatic carbocycles. The Balaban J connectivity index is 1.24. The van der Waals surface area contributed by atoms with Gasteiger partial charge in [-0.05, 0) is 60.0 Å². The van der Waals surface area contributed by atoms with Crippen LogP contribution < -0.4 is 10.0 Å². The van der Waals surface area contributed by atoms with Gasteiger partial charge < -0.3 is 9.73 Å². The van der Waals surface area contributed by atoms with Gasteiger partial charge in [0.15, 0.2) is 0 Å². The fraction of sp³-hybridized carbons (Fsp3) is 0.120. The molecule has 0 aliphatic heterocycles. The van der Waals surface area contributed by atoms with Crippen LogP contribution in [0, 0.1) is 0 Å². The van der Waals surface area contributed by atoms with Gasteiger partial charge in [-0.3, -0.25) is 4.79 Å². The van der Waals surface area contributed by atoms with Gasteiger partial charge in [-0.15, -0.1) is 0 Å². The zero-order valence-corrected chi connectivity index (χ0v) is 19.1. The number of nitrogens with zero attached hydrogens (tertiary/aromatic N) is 2. The predicted octanol–water partition coefficient (Wildman–Crippen LogP) is 3.32. The van der Waals surface area contributed by atoms with E-state index in [9.17, 15) is 13.2 Å². The Hall–Kier alpha value is -3.95. The number of aromatic nitrogens is 2. The summed E-state index contributed by atoms with van der Waals surface area (Å²) in [6, 6.07) is 19.5. The number of benzene rings is 2. The number of hydrogen-bond donors (Lipinski definition) is 2. The Morgan fingerprint density at radius 1 is 1.03 bits per heavy atom. The average Bonchev–Trinajstić information content (AvgIpc) is 3.55. The van der Waals surface area contributed by atoms with Gasteiger partial charge in [-0.1, -0.05) is 30.3 Å². The van der Waals surface area contributed by atoms with Crippen molar-refractivity contribution in [1.82, 2.24) is 19.8 Å². The first-order valence-electron chi connectivity index (χ1n) is 10.7. The molecule has 0 saturated heterocycles. The van der Waals surface area contributed by atoms with Crippen LogP contribution >= 0.6 is 0 Å². The molecular weight excluding hydrogens is 452 g/mol. The van der Waals surface area contributed by atoms with Gasteiger partial charge in [0.1, 0.15) is 5.76 Å². The number of carbonyl (C=O) groups excluding carboxylic acids is 1. The molecule has 1 amide bonds. The summed E-state index contributed by atoms with van der Waals surface area (Å²) in [6.45, 7) is 0.548. The summed E-state index contributed by atoms with van der Waals surface area (Å²) in [7, 11) is -3.66. The van der Waals surface area contributed by atoms with Crippen LogP contribution in [0.1, 0.15) is 16.9 Å². The van der Waals surface area contributed by atoms with Crippen molar-refractivity contribution >= 4 is 22.0 Å². The van der Waals surface area contributed by atoms with Gasteiger partial charge in [-0.25, -0.2) is 17.8 Å². The highest BCUT2D eigenvalue weighted by atomic mass is 32.2. The highest BCUT2D eigenvalue weighted by Crippen LogP contribution is 2.13. The van der Waals surface area contributed by atoms with E-state index in [-0.39, 0.29) is 17.3 Å². The lowest BCUT2D eigenvalue weighted by atomic mass is 10.2. The molecule has 2 N–H and O–H groups in total. The molecule has 34 heavy (non-hydrogen) atoms. The lowest BCUT2D eigenvalue weighted by molar-refractivity contribution is -0.116. The number of amides is 1. The van der Waals surface area contributed by atoms with E-state index in [1.54, 1.807) is 41.2 Å². The first-order chi connectivity index (χ1) is 16.5. The number of furan rings is 1. The van der Waals surface area contributed by atoms with Gasteiger partial charge >= 0.3 is 0 Å². The van der Waals surface area contributed by atoms with Crippen LogP contribution in [0.3, 0.4) is 0 Å². The van der Waals surface area contributed by atoms with E-state index in [0.29, 0.717) is 24.3 Å². The fourth-order valence-corrected chi connectivity index (χ4v) is 4.19. The first kappa shape index (κ1) is 23.2. The molecule has 0 bridgehead atoms. The van der Waals surface area contributed by atoms with Crippen molar-refractivity contribution in [1.29, 1.82) is 0 Å². The number of nitrogens with one attached hydrogen (secondary N) is 2. The molecule has 0 atom stereocenters. The zero-order chi connectivity index (χ0) is 23.8. The Bertz CT molecular complexity index is 1340. The van der Waals surface area contributed by atoms with E-state index in [4.69, 9.17) is 4.42 Å². The molecule has 0 radical (unpaired) electrons. The molecule has 4 rings (SSSR count). The second kappa shape index (κ2) is 10.8. The number of rotatable bonds is 10. The second-order valence-corrected chi connectivity index (χ2v) is 9.24. The van der Waals surface area contributed by atoms with Crippen molar-refractivity contribution in [3.63, 3.8) is 0 Å². The summed E-state index contributed by atoms with van der Waals surface area (Å²) in [6.07, 6.45) is 8.93. The van der Waals surface area contributed by atoms with Gasteiger partial charge in [0.25, 0.3) is 0 Å². The lowest BCUT2D eigenvalue weighted by Gasteiger charge is -2.05. The number of carbonyl (C=O) groups is 1. The molecule has 0 unspecified atom stereocenters. The van der Waals surface area contributed by atoms with Crippen LogP contribution in [0.25, 0.3) is 11.8 Å². The SMILES string of the molecule is O=C(/C=C/c1ccc(S(=O)(=O)NCc2ccco2)cc1)NCCc1cnn(-c2ccccc2)c1. The van der Waals surface area contributed by atoms with Crippen LogP contribution in [-0.4, -0.2) is 30.7 Å². The second-order valence-electron chi connectivity index (χ2n) is 7.48. The molecule has 4 aromatic rings. The Labute approximate surface area is 198 Å². The molecule has 0 spiro atoms. The standard InChI is InChI=1S/C25H24N4O4S/c30-25(26-15-14-21-17-27-29(19-21)22-5-2-1-3-6-22)13-10-20-8-11-24(12-9-20)34(31,32)28-18-23-7-4-16-33-23/h1-13,16-17,19,28H,14-15,18H2,(H,26,30)/b13-10+. The maximum absolute atomic E-state index is 12.4. The van der Waals surface area contributed by atoms with E-state index in [1.807, 2.05) is 36.5 Å². The van der Waals surface area contributed by atoms with Crippen molar-refractivity contribution in [3.8, 4) is 5.69 Å². The van der Waals surface area contributed by atoms with Crippen molar-refractivity contribution < 1.29 is 17.6 Å². The summed E-state index contributed by atoms with van der Waals surface area (Å²) >= 11 is 0. The van der Waals surface area contributed by atoms with Crippen LogP contribution in [0.2, 0.25) is 0 Å². The minimum absolute atomic E-state index is 0.0736. The fourth-order valence-electron chi connectivity index (χ4n) is 3.19. The van der Waals surface area contributed by atoms with Crippen LogP contribution in [0.15, 0.2) is 101 Å². The smallest absolute Gasteiger partial charge is 0.244 e. The summed E-state index contributed by atoms with van der Waals surface area (Å²) in [4.78, 5) is 12.3. The zero-order valence-electron chi connectivity index (χ0n) is 18.3. The molecule has 0 saturated carbocycles. The number of para-hydroxylation sites is 1. The van der Waals surface area contributed by atoms with E-state index in [1.165, 1.54) is 24.5 Å². The third kappa shape index (κ3) is 6.31. The van der Waals surface area contributed by atoms with Gasteiger partial charge in [0, 0.05) is 18.8 Å². The molecule has 0 fully saturated rings. The molecule has 9 heteroatoms. The van der Waals surface area contributed by atoms with Crippen LogP contribution in [-0.2, 0) is 27.8 Å². The van der Waals surface area contributed by atoms with E-state index < -0.39 is 10.0 Å². The topological polar surface area (TPSA) is 106 Å². The Morgan fingerprint density at radius 3 is 2.56 bits per heavy atom. The third-order valence-electron chi connectivity index (χ3n) is 5.00. The average molecular weight is 477 g/mol. The van der Waals surface area contributed by atoms with Crippen molar-refractivity contribution in [2.75, 3.05) is 6.54 Å². The van der Waals surface area contributed by atoms with Gasteiger partial charge in [0.2, 0.25) is 15.9 Å². The highest BCUT2D eigenvalue weighted by Gasteiger charge is 2.14. The molecule has 2 heterocycles. The van der Waals surface area contributed by atoms with Crippen molar-refractivity contribution in [3.05, 3.63) is 108 Å². The molecule has 0 aliphatic carbocycles. The van der Waals surface area contributed by atoms with Crippen LogP contribution in [0.4, 0.5) is 0 Å². The van der Waals surface area contributed by atoms with Gasteiger partial charge in [-0.2, -0.15) is 5.10 Å². The number of hydrogen-bond acceptors (Lipinski definition) is 5. The minimum Gasteiger partial charge on any atom is -0.468 e. The quantitative estimate of drug-likeness (QED) is 0.342. The number of sulfonamides is 1. The molecule has 174 valence electrons. The lowest BCUT2D eigenvalue weighted by Crippen LogP contribution is -2.23. The Kier molecular flexibility index (Phi) is 7.36. The minimum atomic E-state index is -3.66. The van der Waals surface area contributed by atoms with E-state index >= 15 is 0 Å². The molecule has 0 aliphatic rings. The maximum Gasteiger partial charge on any atom is 0.244 e. The van der Waals surface area contributed by atoms with Crippen molar-refractivity contribution in [2.45, 2.75) is 17.9 Å². The Morgan fingerprint density at radius 2 is 1.82 bits per heavy atom. The maximum atomic E-state index is 12.4. The van der Waals surface area contributed by atoms with Gasteiger partial charge in [0.05, 0.1) is 29.6 Å². The predicted molar refractivity (Wildman–Crippen MR) is 128 cm³/mol. The van der Waals surface area contributed by atoms with E-state index in [0.717, 1.165) is 11.3 Å². The normalized spacial score (nSPS) is 11.6. The summed E-state index contributed by atoms with van der Waals surface area (Å²) in [5.41, 5.74) is 2.71. The summed E-state index contributed by atoms with van der Waals surface area (Å²) < 4.78 is 34.2. The molecule has 8 nitrogen and oxygen atoms in total. The molecule has 2 aromatic heterocycles. The van der Waals surface area contributed by atoms with Crippen molar-refractivity contribution in [2.24, 2.45) is 0 Å². The summed E-state index contributed by atoms with van der Waals surface area (Å²) in [5, 5.41) is 7.19. The van der Waals surface area contributed by atoms with Crippen LogP contribution in [0.5, 0.6) is 0 Å². The summed E-state index contributed by atoms with van der Waals surface area (Å²) in [5.74, 6) is 0.298.